The Morgan fingerprint density at radius 1 is 1.21 bits per heavy atom. The fraction of sp³-hybridized carbons (Fsp3) is 0.471. The Morgan fingerprint density at radius 2 is 1.83 bits per heavy atom. The van der Waals surface area contributed by atoms with Gasteiger partial charge in [0.2, 0.25) is 11.8 Å². The van der Waals surface area contributed by atoms with Crippen LogP contribution in [0.5, 0.6) is 5.75 Å². The van der Waals surface area contributed by atoms with Crippen LogP contribution in [0, 0.1) is 17.7 Å². The molecule has 0 spiro atoms. The van der Waals surface area contributed by atoms with E-state index in [9.17, 15) is 18.8 Å². The Morgan fingerprint density at radius 3 is 2.42 bits per heavy atom. The van der Waals surface area contributed by atoms with E-state index < -0.39 is 11.8 Å². The predicted octanol–water partition coefficient (Wildman–Crippen LogP) is 3.06. The first-order valence-electron chi connectivity index (χ1n) is 7.98. The molecule has 24 heavy (non-hydrogen) atoms. The smallest absolute Gasteiger partial charge is 0.313 e. The van der Waals surface area contributed by atoms with Crippen LogP contribution in [0.1, 0.15) is 32.1 Å². The normalized spacial score (nSPS) is 23.3. The highest BCUT2D eigenvalue weighted by Crippen LogP contribution is 2.38. The van der Waals surface area contributed by atoms with Crippen LogP contribution in [0.25, 0.3) is 0 Å². The van der Waals surface area contributed by atoms with Gasteiger partial charge in [0.25, 0.3) is 0 Å². The number of carbonyl (C=O) groups excluding carboxylic acids is 3. The minimum atomic E-state index is -0.674. The number of likely N-dealkylation sites (tertiary alicyclic amines) is 1. The number of carbonyl (C=O) groups is 3. The number of imide groups is 1. The standard InChI is InChI=1S/C17H17BrFNO4/c18-10-5-6-14(13(19)9-10)24-15(21)7-8-20-16(22)11-3-1-2-4-12(11)17(20)23/h5-6,9,11-12H,1-4,7-8H2/t11-,12+. The highest BCUT2D eigenvalue weighted by Gasteiger charge is 2.47. The van der Waals surface area contributed by atoms with Crippen molar-refractivity contribution in [2.75, 3.05) is 6.54 Å². The molecular weight excluding hydrogens is 381 g/mol. The molecule has 1 aliphatic carbocycles. The van der Waals surface area contributed by atoms with E-state index in [0.29, 0.717) is 4.47 Å². The molecule has 2 amide bonds. The highest BCUT2D eigenvalue weighted by molar-refractivity contribution is 9.10. The molecule has 1 aliphatic heterocycles. The molecule has 1 aromatic carbocycles. The lowest BCUT2D eigenvalue weighted by atomic mass is 9.81. The second-order valence-corrected chi connectivity index (χ2v) is 7.04. The quantitative estimate of drug-likeness (QED) is 0.444. The number of halogens is 2. The van der Waals surface area contributed by atoms with Crippen molar-refractivity contribution in [1.82, 2.24) is 4.90 Å². The number of rotatable bonds is 4. The van der Waals surface area contributed by atoms with E-state index >= 15 is 0 Å². The first kappa shape index (κ1) is 17.1. The van der Waals surface area contributed by atoms with E-state index in [2.05, 4.69) is 15.9 Å². The number of benzene rings is 1. The van der Waals surface area contributed by atoms with Crippen LogP contribution in [0.2, 0.25) is 0 Å². The Bertz CT molecular complexity index is 669. The van der Waals surface area contributed by atoms with E-state index in [4.69, 9.17) is 4.74 Å². The van der Waals surface area contributed by atoms with Crippen LogP contribution in [0.15, 0.2) is 22.7 Å². The van der Waals surface area contributed by atoms with Crippen LogP contribution in [-0.2, 0) is 14.4 Å². The summed E-state index contributed by atoms with van der Waals surface area (Å²) >= 11 is 3.12. The van der Waals surface area contributed by atoms with Gasteiger partial charge in [-0.2, -0.15) is 0 Å². The zero-order chi connectivity index (χ0) is 17.3. The van der Waals surface area contributed by atoms with Crippen LogP contribution in [-0.4, -0.2) is 29.2 Å². The van der Waals surface area contributed by atoms with E-state index in [-0.39, 0.29) is 42.4 Å². The molecule has 2 aliphatic rings. The van der Waals surface area contributed by atoms with Crippen molar-refractivity contribution >= 4 is 33.7 Å². The SMILES string of the molecule is O=C(CCN1C(=O)[C@H]2CCCC[C@H]2C1=O)Oc1ccc(Br)cc1F. The number of esters is 1. The lowest BCUT2D eigenvalue weighted by Gasteiger charge is -2.19. The van der Waals surface area contributed by atoms with Crippen molar-refractivity contribution in [3.8, 4) is 5.75 Å². The highest BCUT2D eigenvalue weighted by atomic mass is 79.9. The van der Waals surface area contributed by atoms with E-state index in [1.807, 2.05) is 0 Å². The first-order valence-corrected chi connectivity index (χ1v) is 8.77. The van der Waals surface area contributed by atoms with Gasteiger partial charge in [-0.3, -0.25) is 19.3 Å². The molecule has 0 radical (unpaired) electrons. The van der Waals surface area contributed by atoms with Gasteiger partial charge in [-0.05, 0) is 31.0 Å². The molecule has 2 atom stereocenters. The molecule has 0 aromatic heterocycles. The number of nitrogens with zero attached hydrogens (tertiary/aromatic N) is 1. The molecule has 1 saturated carbocycles. The van der Waals surface area contributed by atoms with Gasteiger partial charge in [0, 0.05) is 11.0 Å². The van der Waals surface area contributed by atoms with Gasteiger partial charge in [0.1, 0.15) is 0 Å². The maximum Gasteiger partial charge on any atom is 0.313 e. The molecule has 7 heteroatoms. The minimum Gasteiger partial charge on any atom is -0.423 e. The molecule has 3 rings (SSSR count). The van der Waals surface area contributed by atoms with Crippen molar-refractivity contribution in [2.45, 2.75) is 32.1 Å². The second kappa shape index (κ2) is 7.01. The molecule has 128 valence electrons. The molecule has 0 N–H and O–H groups in total. The third-order valence-corrected chi connectivity index (χ3v) is 5.08. The molecule has 2 fully saturated rings. The molecule has 0 bridgehead atoms. The van der Waals surface area contributed by atoms with Crippen molar-refractivity contribution < 1.29 is 23.5 Å². The van der Waals surface area contributed by atoms with Crippen molar-refractivity contribution in [1.29, 1.82) is 0 Å². The maximum absolute atomic E-state index is 13.7. The lowest BCUT2D eigenvalue weighted by molar-refractivity contribution is -0.141. The van der Waals surface area contributed by atoms with Crippen LogP contribution in [0.3, 0.4) is 0 Å². The topological polar surface area (TPSA) is 63.7 Å². The summed E-state index contributed by atoms with van der Waals surface area (Å²) in [5.41, 5.74) is 0. The van der Waals surface area contributed by atoms with Crippen molar-refractivity contribution in [3.63, 3.8) is 0 Å². The van der Waals surface area contributed by atoms with Gasteiger partial charge in [-0.25, -0.2) is 4.39 Å². The fourth-order valence-electron chi connectivity index (χ4n) is 3.39. The van der Waals surface area contributed by atoms with Crippen LogP contribution >= 0.6 is 15.9 Å². The van der Waals surface area contributed by atoms with Crippen molar-refractivity contribution in [3.05, 3.63) is 28.5 Å². The lowest BCUT2D eigenvalue weighted by Crippen LogP contribution is -2.33. The third-order valence-electron chi connectivity index (χ3n) is 4.59. The van der Waals surface area contributed by atoms with Gasteiger partial charge >= 0.3 is 5.97 Å². The summed E-state index contributed by atoms with van der Waals surface area (Å²) in [6, 6.07) is 4.10. The molecule has 1 aromatic rings. The molecule has 1 heterocycles. The number of hydrogen-bond donors (Lipinski definition) is 0. The molecule has 5 nitrogen and oxygen atoms in total. The monoisotopic (exact) mass is 397 g/mol. The van der Waals surface area contributed by atoms with Gasteiger partial charge in [-0.1, -0.05) is 28.8 Å². The average molecular weight is 398 g/mol. The maximum atomic E-state index is 13.7. The Balaban J connectivity index is 1.58. The van der Waals surface area contributed by atoms with Gasteiger partial charge < -0.3 is 4.74 Å². The zero-order valence-corrected chi connectivity index (χ0v) is 14.6. The van der Waals surface area contributed by atoms with Gasteiger partial charge in [0.05, 0.1) is 18.3 Å². The Labute approximate surface area is 147 Å². The fourth-order valence-corrected chi connectivity index (χ4v) is 3.72. The summed E-state index contributed by atoms with van der Waals surface area (Å²) in [6.07, 6.45) is 3.24. The van der Waals surface area contributed by atoms with Gasteiger partial charge in [-0.15, -0.1) is 0 Å². The minimum absolute atomic E-state index is 0.0123. The third kappa shape index (κ3) is 3.36. The summed E-state index contributed by atoms with van der Waals surface area (Å²) in [4.78, 5) is 37.7. The summed E-state index contributed by atoms with van der Waals surface area (Å²) in [5, 5.41) is 0. The summed E-state index contributed by atoms with van der Waals surface area (Å²) in [5.74, 6) is -2.34. The van der Waals surface area contributed by atoms with Gasteiger partial charge in [0.15, 0.2) is 11.6 Å². The predicted molar refractivity (Wildman–Crippen MR) is 86.5 cm³/mol. The van der Waals surface area contributed by atoms with Crippen molar-refractivity contribution in [2.24, 2.45) is 11.8 Å². The number of hydrogen-bond acceptors (Lipinski definition) is 4. The number of amides is 2. The van der Waals surface area contributed by atoms with Crippen LogP contribution < -0.4 is 4.74 Å². The second-order valence-electron chi connectivity index (χ2n) is 6.12. The average Bonchev–Trinajstić information content (AvgIpc) is 2.80. The Kier molecular flexibility index (Phi) is 4.99. The molecule has 1 saturated heterocycles. The van der Waals surface area contributed by atoms with E-state index in [1.54, 1.807) is 6.07 Å². The first-order chi connectivity index (χ1) is 11.5. The number of ether oxygens (including phenoxy) is 1. The zero-order valence-electron chi connectivity index (χ0n) is 13.0. The summed E-state index contributed by atoms with van der Waals surface area (Å²) in [7, 11) is 0. The van der Waals surface area contributed by atoms with Crippen LogP contribution in [0.4, 0.5) is 4.39 Å². The largest absolute Gasteiger partial charge is 0.423 e. The van der Waals surface area contributed by atoms with E-state index in [0.717, 1.165) is 25.7 Å². The summed E-state index contributed by atoms with van der Waals surface area (Å²) < 4.78 is 19.2. The molecule has 0 unspecified atom stereocenters. The Hall–Kier alpha value is -1.76. The molecular formula is C17H17BrFNO4. The van der Waals surface area contributed by atoms with E-state index in [1.165, 1.54) is 17.0 Å². The number of fused-ring (bicyclic) bond motifs is 1. The summed E-state index contributed by atoms with van der Waals surface area (Å²) in [6.45, 7) is -0.0123.